The van der Waals surface area contributed by atoms with E-state index in [4.69, 9.17) is 0 Å². The van der Waals surface area contributed by atoms with Crippen molar-refractivity contribution in [2.75, 3.05) is 0 Å². The quantitative estimate of drug-likeness (QED) is 0.741. The number of nitrogens with one attached hydrogen (secondary N) is 2. The molecule has 0 fully saturated rings. The molecule has 0 aromatic heterocycles. The molecule has 4 nitrogen and oxygen atoms in total. The van der Waals surface area contributed by atoms with E-state index >= 15 is 0 Å². The predicted octanol–water partition coefficient (Wildman–Crippen LogP) is 1.47. The number of rotatable bonds is 2. The van der Waals surface area contributed by atoms with Crippen LogP contribution in [-0.2, 0) is 4.79 Å². The van der Waals surface area contributed by atoms with Crippen molar-refractivity contribution in [3.05, 3.63) is 34.9 Å². The highest BCUT2D eigenvalue weighted by atomic mass is 16.2. The highest BCUT2D eigenvalue weighted by Crippen LogP contribution is 2.09. The minimum Gasteiger partial charge on any atom is -0.273 e. The van der Waals surface area contributed by atoms with Crippen LogP contribution >= 0.6 is 0 Å². The smallest absolute Gasteiger partial charge is 0.269 e. The minimum atomic E-state index is -0.292. The Bertz CT molecular complexity index is 413. The molecule has 0 atom stereocenters. The Hall–Kier alpha value is -1.84. The van der Waals surface area contributed by atoms with Crippen LogP contribution in [0, 0.1) is 13.8 Å². The van der Waals surface area contributed by atoms with Crippen LogP contribution in [0.15, 0.2) is 18.2 Å². The fourth-order valence-corrected chi connectivity index (χ4v) is 1.35. The lowest BCUT2D eigenvalue weighted by molar-refractivity contribution is -0.121. The first kappa shape index (κ1) is 12.2. The van der Waals surface area contributed by atoms with Gasteiger partial charge in [0.1, 0.15) is 0 Å². The Morgan fingerprint density at radius 1 is 1.19 bits per heavy atom. The number of hydrogen-bond donors (Lipinski definition) is 2. The first-order chi connectivity index (χ1) is 7.54. The normalized spacial score (nSPS) is 9.69. The van der Waals surface area contributed by atoms with Crippen molar-refractivity contribution in [2.24, 2.45) is 0 Å². The van der Waals surface area contributed by atoms with Crippen LogP contribution in [0.25, 0.3) is 0 Å². The van der Waals surface area contributed by atoms with Gasteiger partial charge in [-0.05, 0) is 25.5 Å². The van der Waals surface area contributed by atoms with Crippen molar-refractivity contribution in [3.8, 4) is 0 Å². The molecule has 1 rings (SSSR count). The molecule has 16 heavy (non-hydrogen) atoms. The summed E-state index contributed by atoms with van der Waals surface area (Å²) in [5, 5.41) is 0. The number of carbonyl (C=O) groups is 2. The third kappa shape index (κ3) is 3.08. The summed E-state index contributed by atoms with van der Waals surface area (Å²) in [7, 11) is 0. The van der Waals surface area contributed by atoms with Gasteiger partial charge < -0.3 is 0 Å². The summed E-state index contributed by atoms with van der Waals surface area (Å²) in [5.74, 6) is -0.502. The fraction of sp³-hybridized carbons (Fsp3) is 0.333. The molecule has 0 aliphatic carbocycles. The molecule has 86 valence electrons. The summed E-state index contributed by atoms with van der Waals surface area (Å²) in [5.41, 5.74) is 7.27. The van der Waals surface area contributed by atoms with E-state index in [1.165, 1.54) is 0 Å². The van der Waals surface area contributed by atoms with Crippen LogP contribution in [0.1, 0.15) is 34.8 Å². The van der Waals surface area contributed by atoms with Gasteiger partial charge in [-0.25, -0.2) is 0 Å². The van der Waals surface area contributed by atoms with Gasteiger partial charge >= 0.3 is 0 Å². The molecular weight excluding hydrogens is 204 g/mol. The van der Waals surface area contributed by atoms with Crippen molar-refractivity contribution in [3.63, 3.8) is 0 Å². The molecule has 0 spiro atoms. The molecule has 2 amide bonds. The number of aryl methyl sites for hydroxylation is 2. The number of carbonyl (C=O) groups excluding carboxylic acids is 2. The third-order valence-electron chi connectivity index (χ3n) is 2.26. The van der Waals surface area contributed by atoms with E-state index in [0.717, 1.165) is 11.1 Å². The van der Waals surface area contributed by atoms with Gasteiger partial charge in [-0.3, -0.25) is 20.4 Å². The molecule has 0 bridgehead atoms. The Labute approximate surface area is 95.0 Å². The molecule has 0 aliphatic heterocycles. The summed E-state index contributed by atoms with van der Waals surface area (Å²) in [6, 6.07) is 5.54. The van der Waals surface area contributed by atoms with E-state index in [-0.39, 0.29) is 11.8 Å². The van der Waals surface area contributed by atoms with Gasteiger partial charge in [-0.1, -0.05) is 24.6 Å². The molecule has 0 aliphatic rings. The van der Waals surface area contributed by atoms with Crippen LogP contribution in [0.5, 0.6) is 0 Å². The van der Waals surface area contributed by atoms with Crippen LogP contribution in [0.2, 0.25) is 0 Å². The Morgan fingerprint density at radius 2 is 1.88 bits per heavy atom. The molecule has 0 saturated heterocycles. The van der Waals surface area contributed by atoms with Gasteiger partial charge in [0.25, 0.3) is 5.91 Å². The standard InChI is InChI=1S/C12H16N2O2/c1-4-11(15)13-14-12(16)10-6-5-8(2)7-9(10)3/h5-7H,4H2,1-3H3,(H,13,15)(H,14,16). The zero-order chi connectivity index (χ0) is 12.1. The Kier molecular flexibility index (Phi) is 4.05. The van der Waals surface area contributed by atoms with Gasteiger partial charge in [0.2, 0.25) is 5.91 Å². The average molecular weight is 220 g/mol. The zero-order valence-electron chi connectivity index (χ0n) is 9.76. The molecule has 0 saturated carbocycles. The molecule has 0 radical (unpaired) electrons. The molecule has 4 heteroatoms. The largest absolute Gasteiger partial charge is 0.273 e. The van der Waals surface area contributed by atoms with E-state index in [0.29, 0.717) is 12.0 Å². The highest BCUT2D eigenvalue weighted by molar-refractivity contribution is 5.96. The summed E-state index contributed by atoms with van der Waals surface area (Å²) in [4.78, 5) is 22.6. The van der Waals surface area contributed by atoms with Crippen LogP contribution in [0.3, 0.4) is 0 Å². The van der Waals surface area contributed by atoms with Gasteiger partial charge in [0.05, 0.1) is 0 Å². The SMILES string of the molecule is CCC(=O)NNC(=O)c1ccc(C)cc1C. The zero-order valence-corrected chi connectivity index (χ0v) is 9.76. The maximum absolute atomic E-state index is 11.7. The number of hydrogen-bond acceptors (Lipinski definition) is 2. The van der Waals surface area contributed by atoms with Crippen LogP contribution in [-0.4, -0.2) is 11.8 Å². The molecule has 1 aromatic rings. The summed E-state index contributed by atoms with van der Waals surface area (Å²) >= 11 is 0. The molecule has 0 unspecified atom stereocenters. The van der Waals surface area contributed by atoms with Gasteiger partial charge in [-0.2, -0.15) is 0 Å². The minimum absolute atomic E-state index is 0.210. The first-order valence-corrected chi connectivity index (χ1v) is 5.21. The fourth-order valence-electron chi connectivity index (χ4n) is 1.35. The van der Waals surface area contributed by atoms with Crippen molar-refractivity contribution in [2.45, 2.75) is 27.2 Å². The average Bonchev–Trinajstić information content (AvgIpc) is 2.25. The van der Waals surface area contributed by atoms with Gasteiger partial charge in [0, 0.05) is 12.0 Å². The van der Waals surface area contributed by atoms with Crippen molar-refractivity contribution in [1.82, 2.24) is 10.9 Å². The predicted molar refractivity (Wildman–Crippen MR) is 61.8 cm³/mol. The van der Waals surface area contributed by atoms with E-state index in [2.05, 4.69) is 10.9 Å². The lowest BCUT2D eigenvalue weighted by Gasteiger charge is -2.08. The lowest BCUT2D eigenvalue weighted by atomic mass is 10.1. The first-order valence-electron chi connectivity index (χ1n) is 5.21. The maximum atomic E-state index is 11.7. The van der Waals surface area contributed by atoms with E-state index in [1.807, 2.05) is 26.0 Å². The third-order valence-corrected chi connectivity index (χ3v) is 2.26. The Morgan fingerprint density at radius 3 is 2.44 bits per heavy atom. The van der Waals surface area contributed by atoms with Crippen molar-refractivity contribution < 1.29 is 9.59 Å². The van der Waals surface area contributed by atoms with Gasteiger partial charge in [0.15, 0.2) is 0 Å². The van der Waals surface area contributed by atoms with Crippen LogP contribution in [0.4, 0.5) is 0 Å². The summed E-state index contributed by atoms with van der Waals surface area (Å²) < 4.78 is 0. The van der Waals surface area contributed by atoms with Gasteiger partial charge in [-0.15, -0.1) is 0 Å². The van der Waals surface area contributed by atoms with E-state index < -0.39 is 0 Å². The molecular formula is C12H16N2O2. The monoisotopic (exact) mass is 220 g/mol. The topological polar surface area (TPSA) is 58.2 Å². The van der Waals surface area contributed by atoms with E-state index in [1.54, 1.807) is 13.0 Å². The number of amides is 2. The Balaban J connectivity index is 2.70. The van der Waals surface area contributed by atoms with E-state index in [9.17, 15) is 9.59 Å². The second-order valence-corrected chi connectivity index (χ2v) is 3.67. The number of hydrazine groups is 1. The number of benzene rings is 1. The summed E-state index contributed by atoms with van der Waals surface area (Å²) in [6.07, 6.45) is 0.340. The van der Waals surface area contributed by atoms with Crippen molar-refractivity contribution >= 4 is 11.8 Å². The van der Waals surface area contributed by atoms with Crippen LogP contribution < -0.4 is 10.9 Å². The molecule has 2 N–H and O–H groups in total. The maximum Gasteiger partial charge on any atom is 0.269 e. The highest BCUT2D eigenvalue weighted by Gasteiger charge is 2.08. The molecule has 0 heterocycles. The molecule has 1 aromatic carbocycles. The lowest BCUT2D eigenvalue weighted by Crippen LogP contribution is -2.41. The second kappa shape index (κ2) is 5.30. The second-order valence-electron chi connectivity index (χ2n) is 3.67. The summed E-state index contributed by atoms with van der Waals surface area (Å²) in [6.45, 7) is 5.55. The van der Waals surface area contributed by atoms with Crippen molar-refractivity contribution in [1.29, 1.82) is 0 Å².